The van der Waals surface area contributed by atoms with E-state index in [1.165, 1.54) is 0 Å². The van der Waals surface area contributed by atoms with Crippen molar-refractivity contribution in [2.24, 2.45) is 0 Å². The number of phenolic OH excluding ortho intramolecular Hbond substituents is 1. The molecule has 46 heavy (non-hydrogen) atoms. The molecule has 3 saturated heterocycles. The highest BCUT2D eigenvalue weighted by atomic mass is 16.5. The number of likely N-dealkylation sites (tertiary alicyclic amines) is 2. The molecule has 2 N–H and O–H groups in total. The summed E-state index contributed by atoms with van der Waals surface area (Å²) in [6.45, 7) is 2.81. The number of likely N-dealkylation sites (N-methyl/N-ethyl adjacent to an activating group) is 1. The summed E-state index contributed by atoms with van der Waals surface area (Å²) >= 11 is 0. The molecule has 3 aliphatic heterocycles. The molecule has 2 unspecified atom stereocenters. The molecule has 3 atom stereocenters. The van der Waals surface area contributed by atoms with Crippen molar-refractivity contribution < 1.29 is 14.6 Å². The number of benzene rings is 3. The van der Waals surface area contributed by atoms with Gasteiger partial charge in [-0.3, -0.25) is 4.98 Å². The van der Waals surface area contributed by atoms with Crippen LogP contribution in [0.3, 0.4) is 0 Å². The molecule has 10 nitrogen and oxygen atoms in total. The fraction of sp³-hybridized carbons (Fsp3) is 0.333. The smallest absolute Gasteiger partial charge is 0.322 e. The Balaban J connectivity index is 1.15. The molecule has 8 rings (SSSR count). The Kier molecular flexibility index (Phi) is 7.29. The van der Waals surface area contributed by atoms with Crippen molar-refractivity contribution in [2.75, 3.05) is 43.5 Å². The van der Waals surface area contributed by atoms with E-state index in [4.69, 9.17) is 14.7 Å². The predicted octanol–water partition coefficient (Wildman–Crippen LogP) is 5.91. The van der Waals surface area contributed by atoms with Crippen LogP contribution in [-0.2, 0) is 0 Å². The van der Waals surface area contributed by atoms with E-state index in [0.717, 1.165) is 70.8 Å². The molecule has 5 aromatic rings. The van der Waals surface area contributed by atoms with Crippen LogP contribution in [0.1, 0.15) is 25.7 Å². The first-order valence-corrected chi connectivity index (χ1v) is 16.1. The summed E-state index contributed by atoms with van der Waals surface area (Å²) in [4.78, 5) is 34.0. The zero-order chi connectivity index (χ0) is 31.2. The number of hydrogen-bond donors (Lipinski definition) is 2. The van der Waals surface area contributed by atoms with Gasteiger partial charge >= 0.3 is 12.0 Å². The molecule has 2 aromatic heterocycles. The first kappa shape index (κ1) is 28.5. The first-order valence-electron chi connectivity index (χ1n) is 16.1. The molecule has 0 spiro atoms. The van der Waals surface area contributed by atoms with Crippen LogP contribution in [0, 0.1) is 0 Å². The predicted molar refractivity (Wildman–Crippen MR) is 179 cm³/mol. The maximum Gasteiger partial charge on any atom is 0.322 e. The van der Waals surface area contributed by atoms with Crippen LogP contribution in [0.2, 0.25) is 0 Å². The fourth-order valence-electron chi connectivity index (χ4n) is 7.47. The summed E-state index contributed by atoms with van der Waals surface area (Å²) in [6.07, 6.45) is 7.57. The minimum Gasteiger partial charge on any atom is -0.508 e. The number of pyridine rings is 1. The number of aromatic nitrogens is 3. The number of ether oxygens (including phenoxy) is 1. The zero-order valence-electron chi connectivity index (χ0n) is 25.8. The molecule has 10 heteroatoms. The van der Waals surface area contributed by atoms with Gasteiger partial charge < -0.3 is 29.9 Å². The fourth-order valence-corrected chi connectivity index (χ4v) is 7.47. The number of phenols is 1. The monoisotopic (exact) mass is 615 g/mol. The van der Waals surface area contributed by atoms with Crippen molar-refractivity contribution in [3.63, 3.8) is 0 Å². The van der Waals surface area contributed by atoms with Crippen molar-refractivity contribution in [1.82, 2.24) is 24.8 Å². The Labute approximate surface area is 267 Å². The Morgan fingerprint density at radius 2 is 1.83 bits per heavy atom. The molecule has 0 saturated carbocycles. The van der Waals surface area contributed by atoms with Crippen LogP contribution in [0.15, 0.2) is 79.1 Å². The van der Waals surface area contributed by atoms with Crippen LogP contribution >= 0.6 is 0 Å². The van der Waals surface area contributed by atoms with Gasteiger partial charge in [0.1, 0.15) is 18.2 Å². The summed E-state index contributed by atoms with van der Waals surface area (Å²) in [7, 11) is 2.14. The van der Waals surface area contributed by atoms with Gasteiger partial charge in [0, 0.05) is 42.8 Å². The number of aromatic hydroxyl groups is 1. The summed E-state index contributed by atoms with van der Waals surface area (Å²) in [5, 5.41) is 16.5. The van der Waals surface area contributed by atoms with Crippen molar-refractivity contribution >= 4 is 39.2 Å². The number of rotatable bonds is 6. The molecular weight excluding hydrogens is 578 g/mol. The van der Waals surface area contributed by atoms with E-state index in [1.54, 1.807) is 18.5 Å². The second-order valence-electron chi connectivity index (χ2n) is 12.7. The Morgan fingerprint density at radius 3 is 2.61 bits per heavy atom. The van der Waals surface area contributed by atoms with Crippen molar-refractivity contribution in [3.8, 4) is 22.9 Å². The molecule has 3 aromatic carbocycles. The third kappa shape index (κ3) is 5.32. The number of amides is 2. The Hall–Kier alpha value is -4.96. The number of anilines is 2. The molecule has 0 radical (unpaired) electrons. The van der Waals surface area contributed by atoms with Gasteiger partial charge in [-0.1, -0.05) is 30.3 Å². The molecule has 5 heterocycles. The van der Waals surface area contributed by atoms with Crippen LogP contribution < -0.4 is 15.0 Å². The lowest BCUT2D eigenvalue weighted by molar-refractivity contribution is 0.187. The lowest BCUT2D eigenvalue weighted by atomic mass is 9.97. The lowest BCUT2D eigenvalue weighted by Crippen LogP contribution is -2.56. The third-order valence-corrected chi connectivity index (χ3v) is 9.82. The van der Waals surface area contributed by atoms with Crippen LogP contribution in [0.4, 0.5) is 16.3 Å². The van der Waals surface area contributed by atoms with Gasteiger partial charge in [-0.25, -0.2) is 4.79 Å². The molecule has 0 aliphatic carbocycles. The van der Waals surface area contributed by atoms with Crippen LogP contribution in [-0.4, -0.2) is 87.3 Å². The standard InChI is InChI=1S/C36H37N7O3/c1-41-15-5-8-28(41)22-46-35-39-33-17-24(32-18-29(44)16-23-6-2-3-9-30(23)32)10-13-31(33)34(40-35)43-26-11-12-27(43)21-42(20-26)36(45)38-25-7-4-14-37-19-25/h2-4,6-7,9-10,13-14,16-19,26-28,44H,5,8,11-12,15,20-22H2,1H3,(H,38,45)/t26?,27?,28-/m0/s1. The normalized spacial score (nSPS) is 21.3. The van der Waals surface area contributed by atoms with Crippen LogP contribution in [0.5, 0.6) is 11.8 Å². The van der Waals surface area contributed by atoms with Gasteiger partial charge in [-0.2, -0.15) is 9.97 Å². The molecule has 2 amide bonds. The maximum atomic E-state index is 13.2. The van der Waals surface area contributed by atoms with E-state index in [9.17, 15) is 9.90 Å². The summed E-state index contributed by atoms with van der Waals surface area (Å²) < 4.78 is 6.34. The van der Waals surface area contributed by atoms with E-state index in [1.807, 2.05) is 41.3 Å². The second kappa shape index (κ2) is 11.8. The van der Waals surface area contributed by atoms with E-state index in [2.05, 4.69) is 51.4 Å². The average Bonchev–Trinajstić information content (AvgIpc) is 3.60. The summed E-state index contributed by atoms with van der Waals surface area (Å²) in [6, 6.07) is 22.5. The third-order valence-electron chi connectivity index (χ3n) is 9.82. The molecule has 3 aliphatic rings. The molecule has 2 bridgehead atoms. The number of hydrogen-bond acceptors (Lipinski definition) is 8. The number of urea groups is 1. The number of fused-ring (bicyclic) bond motifs is 4. The van der Waals surface area contributed by atoms with E-state index >= 15 is 0 Å². The highest BCUT2D eigenvalue weighted by Crippen LogP contribution is 2.40. The van der Waals surface area contributed by atoms with Gasteiger partial charge in [0.2, 0.25) is 0 Å². The van der Waals surface area contributed by atoms with E-state index in [-0.39, 0.29) is 23.9 Å². The summed E-state index contributed by atoms with van der Waals surface area (Å²) in [5.41, 5.74) is 3.39. The van der Waals surface area contributed by atoms with Crippen LogP contribution in [0.25, 0.3) is 32.8 Å². The van der Waals surface area contributed by atoms with Gasteiger partial charge in [0.05, 0.1) is 17.4 Å². The van der Waals surface area contributed by atoms with Gasteiger partial charge in [0.25, 0.3) is 0 Å². The van der Waals surface area contributed by atoms with Crippen molar-refractivity contribution in [2.45, 2.75) is 43.8 Å². The summed E-state index contributed by atoms with van der Waals surface area (Å²) in [5.74, 6) is 1.08. The quantitative estimate of drug-likeness (QED) is 0.243. The average molecular weight is 616 g/mol. The number of carbonyl (C=O) groups excluding carboxylic acids is 1. The minimum absolute atomic E-state index is 0.107. The highest BCUT2D eigenvalue weighted by Gasteiger charge is 2.43. The van der Waals surface area contributed by atoms with Gasteiger partial charge in [-0.05, 0) is 97.6 Å². The largest absolute Gasteiger partial charge is 0.508 e. The first-order chi connectivity index (χ1) is 22.5. The van der Waals surface area contributed by atoms with E-state index in [0.29, 0.717) is 37.4 Å². The Morgan fingerprint density at radius 1 is 0.978 bits per heavy atom. The molecule has 234 valence electrons. The topological polar surface area (TPSA) is 107 Å². The number of nitrogens with zero attached hydrogens (tertiary/aromatic N) is 6. The lowest BCUT2D eigenvalue weighted by Gasteiger charge is -2.42. The second-order valence-corrected chi connectivity index (χ2v) is 12.7. The highest BCUT2D eigenvalue weighted by molar-refractivity contribution is 6.01. The van der Waals surface area contributed by atoms with Crippen molar-refractivity contribution in [1.29, 1.82) is 0 Å². The SMILES string of the molecule is CN1CCC[C@H]1COc1nc(N2C3CCC2CN(C(=O)Nc2cccnc2)C3)c2ccc(-c3cc(O)cc4ccccc34)cc2n1. The number of piperazine rings is 1. The van der Waals surface area contributed by atoms with Crippen molar-refractivity contribution in [3.05, 3.63) is 79.1 Å². The minimum atomic E-state index is -0.107. The number of nitrogens with one attached hydrogen (secondary N) is 1. The number of carbonyl (C=O) groups is 1. The van der Waals surface area contributed by atoms with Gasteiger partial charge in [0.15, 0.2) is 0 Å². The van der Waals surface area contributed by atoms with Gasteiger partial charge in [-0.15, -0.1) is 0 Å². The maximum absolute atomic E-state index is 13.2. The van der Waals surface area contributed by atoms with E-state index < -0.39 is 0 Å². The molecule has 3 fully saturated rings. The molecular formula is C36H37N7O3. The zero-order valence-corrected chi connectivity index (χ0v) is 25.8. The Bertz CT molecular complexity index is 1910.